The van der Waals surface area contributed by atoms with Gasteiger partial charge in [0.1, 0.15) is 0 Å². The summed E-state index contributed by atoms with van der Waals surface area (Å²) in [5.41, 5.74) is 0. The van der Waals surface area contributed by atoms with Crippen LogP contribution in [0.5, 0.6) is 0 Å². The van der Waals surface area contributed by atoms with Crippen molar-refractivity contribution in [2.24, 2.45) is 5.92 Å². The highest BCUT2D eigenvalue weighted by atomic mass is 16.2. The molecule has 0 rings (SSSR count). The lowest BCUT2D eigenvalue weighted by atomic mass is 9.93. The van der Waals surface area contributed by atoms with Crippen LogP contribution in [0.25, 0.3) is 0 Å². The Kier molecular flexibility index (Phi) is 5.43. The Morgan fingerprint density at radius 2 is 1.92 bits per heavy atom. The summed E-state index contributed by atoms with van der Waals surface area (Å²) in [6.45, 7) is 5.68. The number of Topliss-reactive ketones (excluding diaryl/α,β-unsaturated/α-hetero) is 1. The molecule has 2 radical (unpaired) electrons. The summed E-state index contributed by atoms with van der Waals surface area (Å²) in [6.07, 6.45) is 1.27. The zero-order valence-corrected chi connectivity index (χ0v) is 8.46. The van der Waals surface area contributed by atoms with Crippen LogP contribution >= 0.6 is 0 Å². The van der Waals surface area contributed by atoms with Gasteiger partial charge in [0.25, 0.3) is 0 Å². The maximum absolute atomic E-state index is 11.4. The van der Waals surface area contributed by atoms with Gasteiger partial charge >= 0.3 is 0 Å². The minimum Gasteiger partial charge on any atom is -0.356 e. The van der Waals surface area contributed by atoms with E-state index in [9.17, 15) is 9.59 Å². The minimum atomic E-state index is -0.632. The summed E-state index contributed by atoms with van der Waals surface area (Å²) < 4.78 is 0. The maximum Gasteiger partial charge on any atom is 0.200 e. The monoisotopic (exact) mass is 181 g/mol. The van der Waals surface area contributed by atoms with Gasteiger partial charge < -0.3 is 5.32 Å². The van der Waals surface area contributed by atoms with E-state index in [0.29, 0.717) is 6.42 Å². The Morgan fingerprint density at radius 1 is 1.38 bits per heavy atom. The molecule has 4 heteroatoms. The molecule has 0 spiro atoms. The van der Waals surface area contributed by atoms with Crippen LogP contribution in [0.3, 0.4) is 0 Å². The normalized spacial score (nSPS) is 14.7. The molecule has 0 aliphatic heterocycles. The first-order valence-corrected chi connectivity index (χ1v) is 4.61. The fourth-order valence-corrected chi connectivity index (χ4v) is 1.15. The first kappa shape index (κ1) is 12.2. The first-order chi connectivity index (χ1) is 6.02. The van der Waals surface area contributed by atoms with E-state index < -0.39 is 11.8 Å². The zero-order valence-electron chi connectivity index (χ0n) is 8.46. The Hall–Kier alpha value is -0.795. The smallest absolute Gasteiger partial charge is 0.200 e. The number of carbonyl (C=O) groups is 2. The number of carbonyl (C=O) groups excluding carboxylic acids is 2. The van der Waals surface area contributed by atoms with Crippen molar-refractivity contribution in [3.8, 4) is 0 Å². The van der Waals surface area contributed by atoms with E-state index >= 15 is 0 Å². The lowest BCUT2D eigenvalue weighted by Gasteiger charge is -2.22. The van der Waals surface area contributed by atoms with Crippen molar-refractivity contribution in [1.82, 2.24) is 5.32 Å². The minimum absolute atomic E-state index is 0.0353. The molecular weight excluding hydrogens is 165 g/mol. The summed E-state index contributed by atoms with van der Waals surface area (Å²) in [4.78, 5) is 22.0. The van der Waals surface area contributed by atoms with E-state index in [4.69, 9.17) is 7.85 Å². The predicted molar refractivity (Wildman–Crippen MR) is 52.8 cm³/mol. The van der Waals surface area contributed by atoms with E-state index in [-0.39, 0.29) is 11.7 Å². The van der Waals surface area contributed by atoms with Crippen molar-refractivity contribution < 1.29 is 9.59 Å². The largest absolute Gasteiger partial charge is 0.356 e. The molecule has 0 saturated carbocycles. The molecule has 1 amide bonds. The molecule has 1 N–H and O–H groups in total. The van der Waals surface area contributed by atoms with Crippen LogP contribution in [0, 0.1) is 5.92 Å². The summed E-state index contributed by atoms with van der Waals surface area (Å²) in [7, 11) is 4.98. The third kappa shape index (κ3) is 4.11. The highest BCUT2D eigenvalue weighted by Gasteiger charge is 2.22. The van der Waals surface area contributed by atoms with Gasteiger partial charge in [0.05, 0.1) is 6.04 Å². The molecule has 13 heavy (non-hydrogen) atoms. The molecule has 0 aromatic rings. The van der Waals surface area contributed by atoms with Gasteiger partial charge in [0, 0.05) is 6.42 Å². The van der Waals surface area contributed by atoms with Gasteiger partial charge in [-0.3, -0.25) is 9.59 Å². The Morgan fingerprint density at radius 3 is 2.23 bits per heavy atom. The van der Waals surface area contributed by atoms with Gasteiger partial charge in [-0.1, -0.05) is 27.2 Å². The molecule has 0 saturated heterocycles. The molecule has 2 atom stereocenters. The molecule has 0 heterocycles. The van der Waals surface area contributed by atoms with Crippen molar-refractivity contribution in [1.29, 1.82) is 0 Å². The standard InChI is InChI=1S/C9H16BNO2/c1-4-6(3)8(7(12)5-2)11-9(10)13/h6,8H,4-5H2,1-3H3,(H,11,13)/t6-,8-/m0/s1. The molecule has 0 aliphatic carbocycles. The zero-order chi connectivity index (χ0) is 10.4. The average molecular weight is 181 g/mol. The predicted octanol–water partition coefficient (Wildman–Crippen LogP) is 1.26. The summed E-state index contributed by atoms with van der Waals surface area (Å²) in [5.74, 6) is -0.458. The topological polar surface area (TPSA) is 46.2 Å². The van der Waals surface area contributed by atoms with Crippen molar-refractivity contribution in [3.05, 3.63) is 0 Å². The van der Waals surface area contributed by atoms with Gasteiger partial charge in [-0.2, -0.15) is 0 Å². The number of hydrogen-bond donors (Lipinski definition) is 1. The third-order valence-corrected chi connectivity index (χ3v) is 2.21. The lowest BCUT2D eigenvalue weighted by Crippen LogP contribution is -2.44. The first-order valence-electron chi connectivity index (χ1n) is 4.61. The van der Waals surface area contributed by atoms with Gasteiger partial charge in [0.2, 0.25) is 7.85 Å². The van der Waals surface area contributed by atoms with E-state index in [0.717, 1.165) is 6.42 Å². The second-order valence-electron chi connectivity index (χ2n) is 3.19. The number of amides is 1. The van der Waals surface area contributed by atoms with Crippen LogP contribution in [0.1, 0.15) is 33.6 Å². The molecule has 72 valence electrons. The van der Waals surface area contributed by atoms with Crippen molar-refractivity contribution in [2.75, 3.05) is 0 Å². The molecule has 0 bridgehead atoms. The van der Waals surface area contributed by atoms with E-state index in [1.807, 2.05) is 13.8 Å². The van der Waals surface area contributed by atoms with Gasteiger partial charge in [-0.05, 0) is 5.92 Å². The average Bonchev–Trinajstić information content (AvgIpc) is 2.11. The van der Waals surface area contributed by atoms with Crippen LogP contribution in [0.15, 0.2) is 0 Å². The molecule has 0 fully saturated rings. The van der Waals surface area contributed by atoms with Crippen LogP contribution < -0.4 is 5.32 Å². The van der Waals surface area contributed by atoms with Crippen LogP contribution in [0.4, 0.5) is 4.79 Å². The fourth-order valence-electron chi connectivity index (χ4n) is 1.15. The number of rotatable bonds is 5. The van der Waals surface area contributed by atoms with Crippen molar-refractivity contribution in [3.63, 3.8) is 0 Å². The Balaban J connectivity index is 4.35. The van der Waals surface area contributed by atoms with E-state index in [1.54, 1.807) is 6.92 Å². The second-order valence-corrected chi connectivity index (χ2v) is 3.19. The van der Waals surface area contributed by atoms with Gasteiger partial charge in [-0.25, -0.2) is 0 Å². The molecule has 0 unspecified atom stereocenters. The number of ketones is 1. The molecule has 0 aromatic carbocycles. The van der Waals surface area contributed by atoms with Crippen molar-refractivity contribution in [2.45, 2.75) is 39.7 Å². The highest BCUT2D eigenvalue weighted by molar-refractivity contribution is 6.57. The summed E-state index contributed by atoms with van der Waals surface area (Å²) >= 11 is 0. The lowest BCUT2D eigenvalue weighted by molar-refractivity contribution is -0.121. The molecule has 3 nitrogen and oxygen atoms in total. The fraction of sp³-hybridized carbons (Fsp3) is 0.778. The van der Waals surface area contributed by atoms with E-state index in [2.05, 4.69) is 5.32 Å². The summed E-state index contributed by atoms with van der Waals surface area (Å²) in [5, 5.41) is 2.47. The second kappa shape index (κ2) is 5.78. The summed E-state index contributed by atoms with van der Waals surface area (Å²) in [6, 6.07) is -0.424. The highest BCUT2D eigenvalue weighted by Crippen LogP contribution is 2.09. The Labute approximate surface area is 80.7 Å². The van der Waals surface area contributed by atoms with Crippen molar-refractivity contribution >= 4 is 19.4 Å². The van der Waals surface area contributed by atoms with E-state index in [1.165, 1.54) is 0 Å². The number of hydrogen-bond acceptors (Lipinski definition) is 2. The van der Waals surface area contributed by atoms with Crippen LogP contribution in [0.2, 0.25) is 0 Å². The number of nitrogens with one attached hydrogen (secondary N) is 1. The third-order valence-electron chi connectivity index (χ3n) is 2.21. The van der Waals surface area contributed by atoms with Gasteiger partial charge in [0.15, 0.2) is 11.6 Å². The SMILES string of the molecule is [B]C(=O)N[C@H](C(=O)CC)[C@@H](C)CC. The molecule has 0 aromatic heterocycles. The van der Waals surface area contributed by atoms with Gasteiger partial charge in [-0.15, -0.1) is 0 Å². The maximum atomic E-state index is 11.4. The van der Waals surface area contributed by atoms with Crippen LogP contribution in [-0.2, 0) is 4.79 Å². The van der Waals surface area contributed by atoms with Crippen LogP contribution in [-0.4, -0.2) is 25.5 Å². The Bertz CT molecular complexity index is 194. The molecular formula is C9H16BNO2. The molecule has 0 aliphatic rings. The quantitative estimate of drug-likeness (QED) is 0.649.